The van der Waals surface area contributed by atoms with Crippen LogP contribution < -0.4 is 9.86 Å². The first-order valence-electron chi connectivity index (χ1n) is 5.20. The molecule has 0 unspecified atom stereocenters. The zero-order chi connectivity index (χ0) is 14.9. The van der Waals surface area contributed by atoms with E-state index in [4.69, 9.17) is 5.14 Å². The van der Waals surface area contributed by atoms with Crippen molar-refractivity contribution in [2.45, 2.75) is 8.55 Å². The molecule has 11 heteroatoms. The number of sulfonamides is 2. The smallest absolute Gasteiger partial charge is 0.268 e. The first-order valence-corrected chi connectivity index (χ1v) is 9.05. The SMILES string of the molecule is C[N+](C)(C)CCNS(=O)(=O)c1ncc(S(N)(=O)=O)s1. The fraction of sp³-hybridized carbons (Fsp3) is 0.625. The molecular formula is C8H17N4O4S3+. The molecule has 0 aliphatic carbocycles. The molecule has 0 saturated heterocycles. The van der Waals surface area contributed by atoms with Gasteiger partial charge in [-0.1, -0.05) is 11.3 Å². The van der Waals surface area contributed by atoms with Gasteiger partial charge < -0.3 is 4.48 Å². The molecule has 0 aromatic carbocycles. The zero-order valence-electron chi connectivity index (χ0n) is 10.8. The molecule has 1 aromatic heterocycles. The number of nitrogens with zero attached hydrogens (tertiary/aromatic N) is 2. The summed E-state index contributed by atoms with van der Waals surface area (Å²) in [7, 11) is -1.94. The summed E-state index contributed by atoms with van der Waals surface area (Å²) in [6.45, 7) is 0.822. The van der Waals surface area contributed by atoms with Gasteiger partial charge in [-0.25, -0.2) is 31.7 Å². The van der Waals surface area contributed by atoms with Crippen molar-refractivity contribution in [3.63, 3.8) is 0 Å². The number of nitrogens with two attached hydrogens (primary N) is 1. The summed E-state index contributed by atoms with van der Waals surface area (Å²) in [6.07, 6.45) is 0.939. The first kappa shape index (κ1) is 16.5. The van der Waals surface area contributed by atoms with Crippen LogP contribution in [0.5, 0.6) is 0 Å². The molecule has 0 spiro atoms. The van der Waals surface area contributed by atoms with Gasteiger partial charge in [0.15, 0.2) is 4.21 Å². The fourth-order valence-electron chi connectivity index (χ4n) is 1.08. The normalized spacial score (nSPS) is 13.7. The maximum atomic E-state index is 11.9. The monoisotopic (exact) mass is 329 g/mol. The fourth-order valence-corrected chi connectivity index (χ4v) is 4.08. The van der Waals surface area contributed by atoms with Crippen molar-refractivity contribution in [2.24, 2.45) is 5.14 Å². The van der Waals surface area contributed by atoms with Gasteiger partial charge in [-0.15, -0.1) is 0 Å². The Balaban J connectivity index is 2.82. The van der Waals surface area contributed by atoms with E-state index in [2.05, 4.69) is 9.71 Å². The third-order valence-corrected chi connectivity index (χ3v) is 6.31. The number of rotatable bonds is 6. The van der Waals surface area contributed by atoms with E-state index in [0.717, 1.165) is 6.20 Å². The lowest BCUT2D eigenvalue weighted by Gasteiger charge is -2.23. The number of likely N-dealkylation sites (N-methyl/N-ethyl adjacent to an activating group) is 1. The molecule has 0 aliphatic rings. The summed E-state index contributed by atoms with van der Waals surface area (Å²) in [5, 5.41) is 4.90. The molecule has 8 nitrogen and oxygen atoms in total. The highest BCUT2D eigenvalue weighted by Gasteiger charge is 2.22. The Bertz CT molecular complexity index is 642. The van der Waals surface area contributed by atoms with Crippen LogP contribution in [0.3, 0.4) is 0 Å². The van der Waals surface area contributed by atoms with Gasteiger partial charge in [0.2, 0.25) is 14.4 Å². The molecule has 3 N–H and O–H groups in total. The molecule has 0 fully saturated rings. The lowest BCUT2D eigenvalue weighted by molar-refractivity contribution is -0.869. The summed E-state index contributed by atoms with van der Waals surface area (Å²) in [5.74, 6) is 0. The summed E-state index contributed by atoms with van der Waals surface area (Å²) in [6, 6.07) is 0. The summed E-state index contributed by atoms with van der Waals surface area (Å²) < 4.78 is 48.2. The molecule has 110 valence electrons. The van der Waals surface area contributed by atoms with Gasteiger partial charge in [-0.2, -0.15) is 0 Å². The highest BCUT2D eigenvalue weighted by molar-refractivity contribution is 7.93. The van der Waals surface area contributed by atoms with Crippen LogP contribution in [0, 0.1) is 0 Å². The van der Waals surface area contributed by atoms with Crippen LogP contribution in [0.25, 0.3) is 0 Å². The molecule has 0 atom stereocenters. The van der Waals surface area contributed by atoms with E-state index in [-0.39, 0.29) is 15.1 Å². The topological polar surface area (TPSA) is 119 Å². The Hall–Kier alpha value is -0.590. The lowest BCUT2D eigenvalue weighted by Crippen LogP contribution is -2.41. The van der Waals surface area contributed by atoms with E-state index in [0.29, 0.717) is 22.4 Å². The number of primary sulfonamides is 1. The van der Waals surface area contributed by atoms with Crippen LogP contribution in [0.15, 0.2) is 14.7 Å². The number of aromatic nitrogens is 1. The largest absolute Gasteiger partial charge is 0.330 e. The Morgan fingerprint density at radius 3 is 2.32 bits per heavy atom. The minimum atomic E-state index is -3.93. The van der Waals surface area contributed by atoms with Crippen molar-refractivity contribution < 1.29 is 21.3 Å². The second-order valence-corrected chi connectivity index (χ2v) is 9.66. The average molecular weight is 329 g/mol. The van der Waals surface area contributed by atoms with Gasteiger partial charge in [0.1, 0.15) is 0 Å². The molecule has 1 aromatic rings. The number of hydrogen-bond acceptors (Lipinski definition) is 6. The second kappa shape index (κ2) is 5.42. The predicted molar refractivity (Wildman–Crippen MR) is 71.6 cm³/mol. The third-order valence-electron chi connectivity index (χ3n) is 2.05. The van der Waals surface area contributed by atoms with Gasteiger partial charge in [0.05, 0.1) is 40.4 Å². The molecule has 0 amide bonds. The standard InChI is InChI=1S/C8H17N4O4S3/c1-12(2,3)5-4-11-19(15,16)8-10-6-7(17-8)18(9,13)14/h6,11H,4-5H2,1-3H3,(H2,9,13,14)/q+1. The van der Waals surface area contributed by atoms with Crippen molar-refractivity contribution >= 4 is 31.4 Å². The van der Waals surface area contributed by atoms with Crippen molar-refractivity contribution in [1.29, 1.82) is 0 Å². The minimum Gasteiger partial charge on any atom is -0.330 e. The lowest BCUT2D eigenvalue weighted by atomic mass is 10.5. The first-order chi connectivity index (χ1) is 8.42. The van der Waals surface area contributed by atoms with Gasteiger partial charge in [-0.3, -0.25) is 0 Å². The van der Waals surface area contributed by atoms with E-state index in [1.165, 1.54) is 0 Å². The molecule has 0 aliphatic heterocycles. The highest BCUT2D eigenvalue weighted by atomic mass is 32.3. The van der Waals surface area contributed by atoms with Crippen LogP contribution in [-0.4, -0.2) is 60.5 Å². The quantitative estimate of drug-likeness (QED) is 0.634. The molecule has 0 radical (unpaired) electrons. The highest BCUT2D eigenvalue weighted by Crippen LogP contribution is 2.20. The summed E-state index contributed by atoms with van der Waals surface area (Å²) in [5.41, 5.74) is 0. The molecule has 0 bridgehead atoms. The summed E-state index contributed by atoms with van der Waals surface area (Å²) >= 11 is 0.525. The number of nitrogens with one attached hydrogen (secondary N) is 1. The Labute approximate surface area is 116 Å². The number of thiazole rings is 1. The predicted octanol–water partition coefficient (Wildman–Crippen LogP) is -1.22. The van der Waals surface area contributed by atoms with Crippen molar-refractivity contribution in [3.05, 3.63) is 6.20 Å². The van der Waals surface area contributed by atoms with Crippen LogP contribution >= 0.6 is 11.3 Å². The Morgan fingerprint density at radius 1 is 1.32 bits per heavy atom. The second-order valence-electron chi connectivity index (χ2n) is 4.90. The summed E-state index contributed by atoms with van der Waals surface area (Å²) in [4.78, 5) is 3.57. The molecule has 0 saturated carbocycles. The van der Waals surface area contributed by atoms with E-state index in [1.807, 2.05) is 21.1 Å². The van der Waals surface area contributed by atoms with E-state index in [9.17, 15) is 16.8 Å². The molecule has 1 rings (SSSR count). The van der Waals surface area contributed by atoms with Crippen LogP contribution in [-0.2, 0) is 20.0 Å². The number of hydrogen-bond donors (Lipinski definition) is 2. The maximum absolute atomic E-state index is 11.9. The number of quaternary nitrogens is 1. The van der Waals surface area contributed by atoms with Crippen molar-refractivity contribution in [1.82, 2.24) is 9.71 Å². The Morgan fingerprint density at radius 2 is 1.89 bits per heavy atom. The Kier molecular flexibility index (Phi) is 4.70. The van der Waals surface area contributed by atoms with Crippen molar-refractivity contribution in [2.75, 3.05) is 34.2 Å². The third kappa shape index (κ3) is 5.12. The molecule has 1 heterocycles. The van der Waals surface area contributed by atoms with E-state index in [1.54, 1.807) is 0 Å². The van der Waals surface area contributed by atoms with Crippen LogP contribution in [0.2, 0.25) is 0 Å². The van der Waals surface area contributed by atoms with Gasteiger partial charge >= 0.3 is 0 Å². The van der Waals surface area contributed by atoms with Gasteiger partial charge in [0.25, 0.3) is 10.0 Å². The van der Waals surface area contributed by atoms with Crippen molar-refractivity contribution in [3.8, 4) is 0 Å². The molecular weight excluding hydrogens is 312 g/mol. The van der Waals surface area contributed by atoms with Crippen LogP contribution in [0.4, 0.5) is 0 Å². The van der Waals surface area contributed by atoms with E-state index < -0.39 is 20.0 Å². The van der Waals surface area contributed by atoms with Gasteiger partial charge in [-0.05, 0) is 0 Å². The minimum absolute atomic E-state index is 0.232. The maximum Gasteiger partial charge on any atom is 0.268 e. The van der Waals surface area contributed by atoms with Crippen LogP contribution in [0.1, 0.15) is 0 Å². The molecule has 19 heavy (non-hydrogen) atoms. The zero-order valence-corrected chi connectivity index (χ0v) is 13.3. The van der Waals surface area contributed by atoms with Gasteiger partial charge in [0, 0.05) is 0 Å². The van der Waals surface area contributed by atoms with E-state index >= 15 is 0 Å². The average Bonchev–Trinajstić information content (AvgIpc) is 2.62.